The van der Waals surface area contributed by atoms with Crippen LogP contribution in [-0.4, -0.2) is 39.0 Å². The number of carbonyl (C=O) groups excluding carboxylic acids is 2. The average Bonchev–Trinajstić information content (AvgIpc) is 3.46. The molecule has 1 amide bonds. The second-order valence-electron chi connectivity index (χ2n) is 8.22. The van der Waals surface area contributed by atoms with E-state index in [0.29, 0.717) is 31.8 Å². The molecule has 8 nitrogen and oxygen atoms in total. The monoisotopic (exact) mass is 507 g/mol. The Morgan fingerprint density at radius 3 is 2.51 bits per heavy atom. The number of benzene rings is 2. The summed E-state index contributed by atoms with van der Waals surface area (Å²) in [6.07, 6.45) is 0. The number of phenols is 1. The molecule has 1 aliphatic rings. The molecule has 0 saturated carbocycles. The first kappa shape index (κ1) is 23.0. The first-order valence-electron chi connectivity index (χ1n) is 10.7. The zero-order valence-corrected chi connectivity index (χ0v) is 21.0. The quantitative estimate of drug-likeness (QED) is 0.358. The van der Waals surface area contributed by atoms with Crippen molar-refractivity contribution in [2.24, 2.45) is 0 Å². The number of anilines is 1. The van der Waals surface area contributed by atoms with E-state index in [4.69, 9.17) is 4.74 Å². The van der Waals surface area contributed by atoms with Crippen molar-refractivity contribution in [3.63, 3.8) is 0 Å². The van der Waals surface area contributed by atoms with Gasteiger partial charge in [0.15, 0.2) is 22.4 Å². The van der Waals surface area contributed by atoms with Crippen LogP contribution in [0.5, 0.6) is 11.5 Å². The number of aliphatic hydroxyl groups is 1. The van der Waals surface area contributed by atoms with Gasteiger partial charge in [0.2, 0.25) is 5.78 Å². The van der Waals surface area contributed by atoms with Crippen LogP contribution in [-0.2, 0) is 4.79 Å². The predicted molar refractivity (Wildman–Crippen MR) is 135 cm³/mol. The minimum absolute atomic E-state index is 0.0649. The van der Waals surface area contributed by atoms with Gasteiger partial charge in [0, 0.05) is 0 Å². The molecular formula is C25H21N3O5S2. The first-order chi connectivity index (χ1) is 16.7. The lowest BCUT2D eigenvalue weighted by Gasteiger charge is -2.24. The van der Waals surface area contributed by atoms with Crippen molar-refractivity contribution in [1.82, 2.24) is 9.97 Å². The number of amides is 1. The highest BCUT2D eigenvalue weighted by Gasteiger charge is 2.46. The van der Waals surface area contributed by atoms with Crippen LogP contribution in [0.2, 0.25) is 0 Å². The van der Waals surface area contributed by atoms with Crippen LogP contribution in [0.4, 0.5) is 5.13 Å². The molecule has 3 heterocycles. The maximum Gasteiger partial charge on any atom is 0.296 e. The second-order valence-corrected chi connectivity index (χ2v) is 10.4. The van der Waals surface area contributed by atoms with Gasteiger partial charge in [-0.2, -0.15) is 0 Å². The minimum Gasteiger partial charge on any atom is -0.504 e. The van der Waals surface area contributed by atoms with E-state index < -0.39 is 23.5 Å². The molecule has 5 rings (SSSR count). The number of Topliss-reactive ketones (excluding diaryl/α,β-unsaturated/α-hetero) is 1. The number of rotatable bonds is 5. The van der Waals surface area contributed by atoms with Crippen molar-refractivity contribution in [3.05, 3.63) is 74.4 Å². The smallest absolute Gasteiger partial charge is 0.296 e. The molecule has 178 valence electrons. The lowest BCUT2D eigenvalue weighted by atomic mass is 9.95. The number of aryl methyl sites for hydroxylation is 3. The van der Waals surface area contributed by atoms with Crippen LogP contribution in [0.3, 0.4) is 0 Å². The molecule has 2 aromatic heterocycles. The Kier molecular flexibility index (Phi) is 5.57. The fourth-order valence-electron chi connectivity index (χ4n) is 4.20. The van der Waals surface area contributed by atoms with E-state index in [1.54, 1.807) is 26.0 Å². The third-order valence-electron chi connectivity index (χ3n) is 5.82. The van der Waals surface area contributed by atoms with E-state index in [-0.39, 0.29) is 17.1 Å². The summed E-state index contributed by atoms with van der Waals surface area (Å²) in [5.41, 5.74) is 2.70. The summed E-state index contributed by atoms with van der Waals surface area (Å²) in [6, 6.07) is 9.36. The van der Waals surface area contributed by atoms with Gasteiger partial charge in [-0.25, -0.2) is 9.97 Å². The molecule has 1 aliphatic heterocycles. The number of phenolic OH excluding ortho intramolecular Hbond substituents is 1. The molecule has 0 fully saturated rings. The number of aromatic hydroxyl groups is 1. The molecule has 1 atom stereocenters. The highest BCUT2D eigenvalue weighted by atomic mass is 32.1. The van der Waals surface area contributed by atoms with E-state index in [1.165, 1.54) is 40.7 Å². The third kappa shape index (κ3) is 3.75. The summed E-state index contributed by atoms with van der Waals surface area (Å²) in [6.45, 7) is 5.48. The summed E-state index contributed by atoms with van der Waals surface area (Å²) in [4.78, 5) is 37.8. The van der Waals surface area contributed by atoms with Crippen LogP contribution >= 0.6 is 22.7 Å². The van der Waals surface area contributed by atoms with Gasteiger partial charge in [-0.05, 0) is 56.2 Å². The number of fused-ring (bicyclic) bond motifs is 1. The largest absolute Gasteiger partial charge is 0.504 e. The van der Waals surface area contributed by atoms with Crippen LogP contribution < -0.4 is 9.64 Å². The highest BCUT2D eigenvalue weighted by molar-refractivity contribution is 7.22. The number of aromatic nitrogens is 2. The molecule has 4 aromatic rings. The van der Waals surface area contributed by atoms with E-state index in [9.17, 15) is 19.8 Å². The van der Waals surface area contributed by atoms with Gasteiger partial charge in [-0.1, -0.05) is 23.5 Å². The molecule has 0 spiro atoms. The molecule has 0 bridgehead atoms. The van der Waals surface area contributed by atoms with Crippen molar-refractivity contribution < 1.29 is 24.5 Å². The van der Waals surface area contributed by atoms with E-state index in [0.717, 1.165) is 10.3 Å². The number of methoxy groups -OCH3 is 1. The molecule has 2 N–H and O–H groups in total. The highest BCUT2D eigenvalue weighted by Crippen LogP contribution is 2.46. The SMILES string of the molecule is COc1cc(C2C(C(=O)c3sc(C)nc3C)=C(O)C(=O)N2c2nc3ccc(C)cc3s2)ccc1O. The molecule has 35 heavy (non-hydrogen) atoms. The van der Waals surface area contributed by atoms with Gasteiger partial charge in [-0.15, -0.1) is 11.3 Å². The number of ether oxygens (including phenoxy) is 1. The average molecular weight is 508 g/mol. The molecular weight excluding hydrogens is 486 g/mol. The topological polar surface area (TPSA) is 113 Å². The van der Waals surface area contributed by atoms with E-state index in [2.05, 4.69) is 9.97 Å². The van der Waals surface area contributed by atoms with Gasteiger partial charge in [0.25, 0.3) is 5.91 Å². The minimum atomic E-state index is -0.979. The Morgan fingerprint density at radius 1 is 1.06 bits per heavy atom. The molecule has 2 aromatic carbocycles. The lowest BCUT2D eigenvalue weighted by molar-refractivity contribution is -0.117. The zero-order chi connectivity index (χ0) is 25.0. The van der Waals surface area contributed by atoms with Gasteiger partial charge >= 0.3 is 0 Å². The van der Waals surface area contributed by atoms with Gasteiger partial charge in [0.05, 0.1) is 44.5 Å². The number of hydrogen-bond donors (Lipinski definition) is 2. The number of thiazole rings is 2. The van der Waals surface area contributed by atoms with E-state index in [1.807, 2.05) is 25.1 Å². The van der Waals surface area contributed by atoms with Crippen LogP contribution in [0.15, 0.2) is 47.7 Å². The van der Waals surface area contributed by atoms with E-state index >= 15 is 0 Å². The zero-order valence-electron chi connectivity index (χ0n) is 19.3. The third-order valence-corrected chi connectivity index (χ3v) is 7.91. The van der Waals surface area contributed by atoms with Gasteiger partial charge in [0.1, 0.15) is 0 Å². The Hall–Kier alpha value is -3.76. The maximum absolute atomic E-state index is 13.7. The standard InChI is InChI=1S/C25H21N3O5S2/c1-11-5-7-15-18(9-11)35-25(27-15)28-20(14-6-8-16(29)17(10-14)33-4)19(22(31)24(28)32)21(30)23-12(2)26-13(3)34-23/h5-10,20,29,31H,1-4H3. The summed E-state index contributed by atoms with van der Waals surface area (Å²) in [5.74, 6) is -1.74. The Balaban J connectivity index is 1.71. The number of nitrogens with zero attached hydrogens (tertiary/aromatic N) is 3. The van der Waals surface area contributed by atoms with Gasteiger partial charge in [-0.3, -0.25) is 14.5 Å². The number of hydrogen-bond acceptors (Lipinski definition) is 9. The van der Waals surface area contributed by atoms with Crippen LogP contribution in [0.1, 0.15) is 37.5 Å². The fourth-order valence-corrected chi connectivity index (χ4v) is 6.17. The Morgan fingerprint density at radius 2 is 1.83 bits per heavy atom. The fraction of sp³-hybridized carbons (Fsp3) is 0.200. The van der Waals surface area contributed by atoms with Crippen LogP contribution in [0, 0.1) is 20.8 Å². The van der Waals surface area contributed by atoms with Crippen molar-refractivity contribution in [2.75, 3.05) is 12.0 Å². The van der Waals surface area contributed by atoms with Gasteiger partial charge < -0.3 is 14.9 Å². The maximum atomic E-state index is 13.7. The van der Waals surface area contributed by atoms with Crippen molar-refractivity contribution in [3.8, 4) is 11.5 Å². The predicted octanol–water partition coefficient (Wildman–Crippen LogP) is 5.18. The summed E-state index contributed by atoms with van der Waals surface area (Å²) in [7, 11) is 1.41. The summed E-state index contributed by atoms with van der Waals surface area (Å²) >= 11 is 2.51. The number of carbonyl (C=O) groups is 2. The van der Waals surface area contributed by atoms with Crippen molar-refractivity contribution >= 4 is 49.7 Å². The molecule has 0 saturated heterocycles. The first-order valence-corrected chi connectivity index (χ1v) is 12.3. The normalized spacial score (nSPS) is 15.9. The molecule has 1 unspecified atom stereocenters. The molecule has 0 radical (unpaired) electrons. The van der Waals surface area contributed by atoms with Crippen molar-refractivity contribution in [2.45, 2.75) is 26.8 Å². The summed E-state index contributed by atoms with van der Waals surface area (Å²) < 4.78 is 6.14. The Labute approximate surface area is 208 Å². The van der Waals surface area contributed by atoms with Crippen molar-refractivity contribution in [1.29, 1.82) is 0 Å². The second kappa shape index (κ2) is 8.47. The molecule has 0 aliphatic carbocycles. The number of ketones is 1. The number of aliphatic hydroxyl groups excluding tert-OH is 1. The Bertz CT molecular complexity index is 1550. The lowest BCUT2D eigenvalue weighted by Crippen LogP contribution is -2.31. The summed E-state index contributed by atoms with van der Waals surface area (Å²) in [5, 5.41) is 22.2. The van der Waals surface area contributed by atoms with Crippen LogP contribution in [0.25, 0.3) is 10.2 Å². The molecule has 10 heteroatoms.